The number of piperazine rings is 1. The maximum Gasteiger partial charge on any atom is 0.239 e. The Morgan fingerprint density at radius 1 is 1.26 bits per heavy atom. The molecular formula is C14H27N3O2. The van der Waals surface area contributed by atoms with Gasteiger partial charge in [-0.25, -0.2) is 0 Å². The molecule has 2 heterocycles. The van der Waals surface area contributed by atoms with E-state index in [1.807, 2.05) is 11.8 Å². The molecule has 0 saturated carbocycles. The summed E-state index contributed by atoms with van der Waals surface area (Å²) in [5, 5.41) is 12.8. The van der Waals surface area contributed by atoms with E-state index in [-0.39, 0.29) is 24.6 Å². The van der Waals surface area contributed by atoms with Gasteiger partial charge in [-0.2, -0.15) is 0 Å². The Morgan fingerprint density at radius 3 is 2.68 bits per heavy atom. The van der Waals surface area contributed by atoms with Gasteiger partial charge in [0.2, 0.25) is 5.91 Å². The minimum Gasteiger partial charge on any atom is -0.394 e. The Morgan fingerprint density at radius 2 is 2.00 bits per heavy atom. The molecule has 5 nitrogen and oxygen atoms in total. The molecule has 0 radical (unpaired) electrons. The van der Waals surface area contributed by atoms with Crippen molar-refractivity contribution in [2.45, 2.75) is 44.7 Å². The van der Waals surface area contributed by atoms with E-state index in [2.05, 4.69) is 10.2 Å². The summed E-state index contributed by atoms with van der Waals surface area (Å²) in [7, 11) is 0. The van der Waals surface area contributed by atoms with Crippen molar-refractivity contribution in [1.82, 2.24) is 15.1 Å². The molecule has 2 unspecified atom stereocenters. The number of aliphatic hydroxyl groups excluding tert-OH is 1. The number of aliphatic hydroxyl groups is 1. The fraction of sp³-hybridized carbons (Fsp3) is 0.929. The van der Waals surface area contributed by atoms with E-state index in [1.165, 1.54) is 6.42 Å². The zero-order chi connectivity index (χ0) is 13.7. The molecule has 0 spiro atoms. The standard InChI is InChI=1S/C14H27N3O2/c1-12(16-9-6-15-7-10-16)14(19)17-8-4-2-3-5-13(17)11-18/h12-13,15,18H,2-11H2,1H3. The second-order valence-electron chi connectivity index (χ2n) is 5.68. The fourth-order valence-electron chi connectivity index (χ4n) is 3.12. The highest BCUT2D eigenvalue weighted by Gasteiger charge is 2.31. The van der Waals surface area contributed by atoms with E-state index in [0.29, 0.717) is 0 Å². The molecule has 0 aromatic heterocycles. The van der Waals surface area contributed by atoms with Crippen LogP contribution in [-0.4, -0.2) is 72.2 Å². The van der Waals surface area contributed by atoms with E-state index < -0.39 is 0 Å². The molecule has 19 heavy (non-hydrogen) atoms. The summed E-state index contributed by atoms with van der Waals surface area (Å²) in [5.41, 5.74) is 0. The molecule has 110 valence electrons. The maximum absolute atomic E-state index is 12.7. The first-order chi connectivity index (χ1) is 9.24. The predicted octanol–water partition coefficient (Wildman–Crippen LogP) is 0.0436. The average Bonchev–Trinajstić information content (AvgIpc) is 2.71. The quantitative estimate of drug-likeness (QED) is 0.760. The van der Waals surface area contributed by atoms with Crippen LogP contribution in [0.5, 0.6) is 0 Å². The number of carbonyl (C=O) groups is 1. The van der Waals surface area contributed by atoms with Crippen LogP contribution in [0.25, 0.3) is 0 Å². The SMILES string of the molecule is CC(C(=O)N1CCCCCC1CO)N1CCNCC1. The molecule has 0 bridgehead atoms. The zero-order valence-corrected chi connectivity index (χ0v) is 12.0. The van der Waals surface area contributed by atoms with Crippen molar-refractivity contribution in [3.8, 4) is 0 Å². The average molecular weight is 269 g/mol. The molecule has 0 aromatic rings. The van der Waals surface area contributed by atoms with Crippen LogP contribution in [0.4, 0.5) is 0 Å². The van der Waals surface area contributed by atoms with Crippen LogP contribution in [0.15, 0.2) is 0 Å². The molecule has 5 heteroatoms. The monoisotopic (exact) mass is 269 g/mol. The van der Waals surface area contributed by atoms with Gasteiger partial charge in [-0.15, -0.1) is 0 Å². The summed E-state index contributed by atoms with van der Waals surface area (Å²) in [6.45, 7) is 6.70. The molecule has 2 rings (SSSR count). The maximum atomic E-state index is 12.7. The summed E-state index contributed by atoms with van der Waals surface area (Å²) < 4.78 is 0. The highest BCUT2D eigenvalue weighted by molar-refractivity contribution is 5.81. The van der Waals surface area contributed by atoms with Crippen LogP contribution in [-0.2, 0) is 4.79 Å². The third-order valence-corrected chi connectivity index (χ3v) is 4.43. The molecule has 2 N–H and O–H groups in total. The molecule has 2 atom stereocenters. The Labute approximate surface area is 115 Å². The van der Waals surface area contributed by atoms with Gasteiger partial charge in [0, 0.05) is 32.7 Å². The summed E-state index contributed by atoms with van der Waals surface area (Å²) >= 11 is 0. The number of nitrogens with zero attached hydrogens (tertiary/aromatic N) is 2. The van der Waals surface area contributed by atoms with Crippen molar-refractivity contribution in [2.24, 2.45) is 0 Å². The van der Waals surface area contributed by atoms with Crippen LogP contribution >= 0.6 is 0 Å². The van der Waals surface area contributed by atoms with Crippen molar-refractivity contribution in [3.05, 3.63) is 0 Å². The smallest absolute Gasteiger partial charge is 0.239 e. The van der Waals surface area contributed by atoms with Gasteiger partial charge in [0.25, 0.3) is 0 Å². The normalized spacial score (nSPS) is 27.9. The van der Waals surface area contributed by atoms with E-state index in [4.69, 9.17) is 0 Å². The van der Waals surface area contributed by atoms with Crippen LogP contribution in [0.2, 0.25) is 0 Å². The second kappa shape index (κ2) is 7.22. The summed E-state index contributed by atoms with van der Waals surface area (Å²) in [6.07, 6.45) is 4.30. The fourth-order valence-corrected chi connectivity index (χ4v) is 3.12. The van der Waals surface area contributed by atoms with Crippen molar-refractivity contribution in [3.63, 3.8) is 0 Å². The Kier molecular flexibility index (Phi) is 5.60. The molecule has 0 aliphatic carbocycles. The van der Waals surface area contributed by atoms with Gasteiger partial charge in [0.15, 0.2) is 0 Å². The van der Waals surface area contributed by atoms with Gasteiger partial charge in [0.1, 0.15) is 0 Å². The van der Waals surface area contributed by atoms with Crippen molar-refractivity contribution in [1.29, 1.82) is 0 Å². The second-order valence-corrected chi connectivity index (χ2v) is 5.68. The number of carbonyl (C=O) groups excluding carboxylic acids is 1. The Balaban J connectivity index is 1.98. The third kappa shape index (κ3) is 3.68. The van der Waals surface area contributed by atoms with Crippen LogP contribution in [0.1, 0.15) is 32.6 Å². The first-order valence-corrected chi connectivity index (χ1v) is 7.60. The number of likely N-dealkylation sites (tertiary alicyclic amines) is 1. The first kappa shape index (κ1) is 14.8. The van der Waals surface area contributed by atoms with Crippen molar-refractivity contribution in [2.75, 3.05) is 39.3 Å². The number of nitrogens with one attached hydrogen (secondary N) is 1. The van der Waals surface area contributed by atoms with Gasteiger partial charge >= 0.3 is 0 Å². The van der Waals surface area contributed by atoms with E-state index in [0.717, 1.165) is 52.0 Å². The number of hydrogen-bond donors (Lipinski definition) is 2. The lowest BCUT2D eigenvalue weighted by Gasteiger charge is -2.37. The number of rotatable bonds is 3. The minimum atomic E-state index is -0.0609. The Hall–Kier alpha value is -0.650. The van der Waals surface area contributed by atoms with E-state index in [9.17, 15) is 9.90 Å². The predicted molar refractivity (Wildman–Crippen MR) is 75.0 cm³/mol. The zero-order valence-electron chi connectivity index (χ0n) is 12.0. The summed E-state index contributed by atoms with van der Waals surface area (Å²) in [6, 6.07) is -0.0328. The van der Waals surface area contributed by atoms with Gasteiger partial charge in [0.05, 0.1) is 18.7 Å². The van der Waals surface area contributed by atoms with Gasteiger partial charge in [-0.1, -0.05) is 12.8 Å². The number of amides is 1. The van der Waals surface area contributed by atoms with Crippen LogP contribution in [0, 0.1) is 0 Å². The summed E-state index contributed by atoms with van der Waals surface area (Å²) in [5.74, 6) is 0.197. The molecule has 2 aliphatic heterocycles. The highest BCUT2D eigenvalue weighted by Crippen LogP contribution is 2.18. The molecule has 2 aliphatic rings. The lowest BCUT2D eigenvalue weighted by atomic mass is 10.1. The van der Waals surface area contributed by atoms with E-state index >= 15 is 0 Å². The molecule has 1 amide bonds. The van der Waals surface area contributed by atoms with Gasteiger partial charge < -0.3 is 15.3 Å². The van der Waals surface area contributed by atoms with Crippen LogP contribution in [0.3, 0.4) is 0 Å². The lowest BCUT2D eigenvalue weighted by Crippen LogP contribution is -2.55. The molecular weight excluding hydrogens is 242 g/mol. The highest BCUT2D eigenvalue weighted by atomic mass is 16.3. The topological polar surface area (TPSA) is 55.8 Å². The minimum absolute atomic E-state index is 0.0281. The first-order valence-electron chi connectivity index (χ1n) is 7.60. The molecule has 2 saturated heterocycles. The largest absolute Gasteiger partial charge is 0.394 e. The van der Waals surface area contributed by atoms with Gasteiger partial charge in [-0.05, 0) is 19.8 Å². The molecule has 0 aromatic carbocycles. The Bertz CT molecular complexity index is 292. The van der Waals surface area contributed by atoms with Gasteiger partial charge in [-0.3, -0.25) is 9.69 Å². The van der Waals surface area contributed by atoms with E-state index in [1.54, 1.807) is 0 Å². The van der Waals surface area contributed by atoms with Crippen molar-refractivity contribution < 1.29 is 9.90 Å². The van der Waals surface area contributed by atoms with Crippen LogP contribution < -0.4 is 5.32 Å². The van der Waals surface area contributed by atoms with Crippen molar-refractivity contribution >= 4 is 5.91 Å². The third-order valence-electron chi connectivity index (χ3n) is 4.43. The lowest BCUT2D eigenvalue weighted by molar-refractivity contribution is -0.139. The number of hydrogen-bond acceptors (Lipinski definition) is 4. The summed E-state index contributed by atoms with van der Waals surface area (Å²) in [4.78, 5) is 16.9. The molecule has 2 fully saturated rings.